The van der Waals surface area contributed by atoms with Crippen molar-refractivity contribution < 1.29 is 119 Å². The molecule has 2 nitrogen and oxygen atoms in total. The monoisotopic (exact) mass is 705 g/mol. The molecule has 1 aromatic heterocycles. The van der Waals surface area contributed by atoms with Crippen LogP contribution in [-0.4, -0.2) is 64.3 Å². The van der Waals surface area contributed by atoms with Crippen molar-refractivity contribution in [3.8, 4) is 0 Å². The molecule has 1 heterocycles. The second-order valence-electron chi connectivity index (χ2n) is 7.90. The minimum absolute atomic E-state index is 1.34. The summed E-state index contributed by atoms with van der Waals surface area (Å²) in [5, 5.41) is 0. The Labute approximate surface area is 215 Å². The van der Waals surface area contributed by atoms with Crippen LogP contribution < -0.4 is 4.57 Å². The predicted octanol–water partition coefficient (Wildman–Crippen LogP) is 8.08. The number of nitrogens with zero attached hydrogens (tertiary/aromatic N) is 2. The summed E-state index contributed by atoms with van der Waals surface area (Å²) >= 11 is 0. The minimum atomic E-state index is -9.11. The maximum atomic E-state index is 14.1. The van der Waals surface area contributed by atoms with E-state index in [0.717, 1.165) is 0 Å². The Morgan fingerprint density at radius 1 is 0.349 bits per heavy atom. The molecule has 0 bridgehead atoms. The third-order valence-corrected chi connectivity index (χ3v) is 5.12. The van der Waals surface area contributed by atoms with Crippen LogP contribution in [0, 0.1) is 0 Å². The predicted molar refractivity (Wildman–Crippen MR) is 76.7 cm³/mol. The second-order valence-corrected chi connectivity index (χ2v) is 7.90. The molecule has 0 aromatic carbocycles. The van der Waals surface area contributed by atoms with E-state index in [1.165, 1.54) is 0 Å². The average Bonchev–Trinajstić information content (AvgIpc) is 3.28. The summed E-state index contributed by atoms with van der Waals surface area (Å²) in [5.41, 5.74) is 0. The fraction of sp³-hybridized carbons (Fsp3) is 0.800. The molecule has 0 N–H and O–H groups in total. The SMILES string of the molecule is FC(F)(F)C(F)(F)C(F)(F)C(F)(F)n1cc[n+](C(F)(F)C(F)(F)C(F)(F)C(F)(F)C(F)(F)C(F)(F)C(F)(F)C(F)(F)F)c1. The molecule has 43 heavy (non-hydrogen) atoms. The number of aromatic nitrogens is 2. The fourth-order valence-electron chi connectivity index (χ4n) is 2.53. The molecule has 28 heteroatoms. The number of rotatable bonds is 10. The highest BCUT2D eigenvalue weighted by atomic mass is 19.4. The summed E-state index contributed by atoms with van der Waals surface area (Å²) in [6.45, 7) is 0. The van der Waals surface area contributed by atoms with Crippen LogP contribution in [0.5, 0.6) is 0 Å². The number of hydrogen-bond acceptors (Lipinski definition) is 0. The van der Waals surface area contributed by atoms with Crippen LogP contribution in [0.1, 0.15) is 0 Å². The first-order valence-electron chi connectivity index (χ1n) is 9.23. The first-order chi connectivity index (χ1) is 18.2. The van der Waals surface area contributed by atoms with Gasteiger partial charge in [0.25, 0.3) is 6.33 Å². The Balaban J connectivity index is 3.79. The molecule has 0 atom stereocenters. The van der Waals surface area contributed by atoms with E-state index in [1.54, 1.807) is 0 Å². The minimum Gasteiger partial charge on any atom is -0.192 e. The van der Waals surface area contributed by atoms with Gasteiger partial charge in [-0.3, -0.25) is 0 Å². The smallest absolute Gasteiger partial charge is 0.192 e. The normalized spacial score (nSPS) is 16.6. The molecule has 0 aliphatic carbocycles. The topological polar surface area (TPSA) is 8.81 Å². The van der Waals surface area contributed by atoms with Gasteiger partial charge in [-0.2, -0.15) is 123 Å². The molecule has 0 fully saturated rings. The first kappa shape index (κ1) is 38.4. The Hall–Kier alpha value is -2.61. The number of hydrogen-bond donors (Lipinski definition) is 0. The molecule has 0 aliphatic heterocycles. The van der Waals surface area contributed by atoms with E-state index < -0.39 is 99.7 Å². The Morgan fingerprint density at radius 2 is 0.628 bits per heavy atom. The molecule has 0 radical (unpaired) electrons. The molecular weight excluding hydrogens is 702 g/mol. The van der Waals surface area contributed by atoms with E-state index in [1.807, 2.05) is 0 Å². The molecule has 0 saturated heterocycles. The number of alkyl halides is 26. The highest BCUT2D eigenvalue weighted by Crippen LogP contribution is 2.64. The first-order valence-corrected chi connectivity index (χ1v) is 9.23. The van der Waals surface area contributed by atoms with Crippen molar-refractivity contribution in [1.29, 1.82) is 0 Å². The standard InChI is InChI=1S/C15H3F26N2/c16-4(17,6(20,21)8(24,25)12(32,33)34)5(18,19)7(22,23)10(28,29)14(38,39)42-1-2-43(3-42)15(40,41)11(30,31)9(26,27)13(35,36)37/h1-3H/q+1. The Kier molecular flexibility index (Phi) is 8.44. The van der Waals surface area contributed by atoms with Gasteiger partial charge in [-0.25, -0.2) is 0 Å². The lowest BCUT2D eigenvalue weighted by atomic mass is 9.90. The highest BCUT2D eigenvalue weighted by molar-refractivity contribution is 5.13. The number of imidazole rings is 1. The Bertz CT molecular complexity index is 1160. The highest BCUT2D eigenvalue weighted by Gasteiger charge is 2.96. The molecule has 0 aliphatic rings. The van der Waals surface area contributed by atoms with Gasteiger partial charge in [0.1, 0.15) is 12.4 Å². The molecule has 1 aromatic rings. The maximum Gasteiger partial charge on any atom is 0.469 e. The van der Waals surface area contributed by atoms with Crippen LogP contribution >= 0.6 is 0 Å². The fourth-order valence-corrected chi connectivity index (χ4v) is 2.53. The summed E-state index contributed by atoms with van der Waals surface area (Å²) in [4.78, 5) is 0. The lowest BCUT2D eigenvalue weighted by Gasteiger charge is -2.42. The van der Waals surface area contributed by atoms with Crippen molar-refractivity contribution in [3.63, 3.8) is 0 Å². The van der Waals surface area contributed by atoms with Gasteiger partial charge in [-0.1, -0.05) is 0 Å². The summed E-state index contributed by atoms with van der Waals surface area (Å²) in [7, 11) is 0. The van der Waals surface area contributed by atoms with Gasteiger partial charge in [0.05, 0.1) is 0 Å². The molecule has 0 amide bonds. The van der Waals surface area contributed by atoms with E-state index in [-0.39, 0.29) is 0 Å². The van der Waals surface area contributed by atoms with Crippen molar-refractivity contribution in [2.24, 2.45) is 0 Å². The van der Waals surface area contributed by atoms with Crippen LogP contribution in [0.25, 0.3) is 0 Å². The zero-order chi connectivity index (χ0) is 35.3. The van der Waals surface area contributed by atoms with E-state index in [4.69, 9.17) is 0 Å². The molecule has 0 unspecified atom stereocenters. The van der Waals surface area contributed by atoms with Gasteiger partial charge in [0, 0.05) is 0 Å². The van der Waals surface area contributed by atoms with Crippen LogP contribution in [0.15, 0.2) is 18.7 Å². The van der Waals surface area contributed by atoms with Crippen molar-refractivity contribution in [2.75, 3.05) is 0 Å². The average molecular weight is 705 g/mol. The van der Waals surface area contributed by atoms with Crippen molar-refractivity contribution in [1.82, 2.24) is 4.57 Å². The third-order valence-electron chi connectivity index (χ3n) is 5.12. The zero-order valence-electron chi connectivity index (χ0n) is 18.5. The van der Waals surface area contributed by atoms with Crippen LogP contribution in [0.4, 0.5) is 114 Å². The summed E-state index contributed by atoms with van der Waals surface area (Å²) in [6, 6.07) is -14.9. The maximum absolute atomic E-state index is 14.1. The zero-order valence-corrected chi connectivity index (χ0v) is 18.5. The molecular formula is C15H3F26N2+. The van der Waals surface area contributed by atoms with Crippen molar-refractivity contribution in [3.05, 3.63) is 18.7 Å². The van der Waals surface area contributed by atoms with Gasteiger partial charge in [-0.05, 0) is 0 Å². The van der Waals surface area contributed by atoms with Gasteiger partial charge < -0.3 is 0 Å². The van der Waals surface area contributed by atoms with Gasteiger partial charge >= 0.3 is 71.8 Å². The van der Waals surface area contributed by atoms with Crippen molar-refractivity contribution >= 4 is 0 Å². The van der Waals surface area contributed by atoms with E-state index in [2.05, 4.69) is 0 Å². The molecule has 254 valence electrons. The molecule has 0 spiro atoms. The van der Waals surface area contributed by atoms with E-state index in [0.29, 0.717) is 0 Å². The number of halogens is 26. The van der Waals surface area contributed by atoms with Crippen LogP contribution in [0.2, 0.25) is 0 Å². The van der Waals surface area contributed by atoms with E-state index in [9.17, 15) is 114 Å². The van der Waals surface area contributed by atoms with Gasteiger partial charge in [0.2, 0.25) is 0 Å². The second kappa shape index (κ2) is 9.45. The summed E-state index contributed by atoms with van der Waals surface area (Å²) in [6.07, 6.45) is -20.3. The van der Waals surface area contributed by atoms with Gasteiger partial charge in [0.15, 0.2) is 0 Å². The van der Waals surface area contributed by atoms with Crippen LogP contribution in [0.3, 0.4) is 0 Å². The summed E-state index contributed by atoms with van der Waals surface area (Å²) in [5.74, 6) is -68.7. The third kappa shape index (κ3) is 4.69. The van der Waals surface area contributed by atoms with E-state index >= 15 is 0 Å². The summed E-state index contributed by atoms with van der Waals surface area (Å²) < 4.78 is 337. The van der Waals surface area contributed by atoms with Crippen molar-refractivity contribution in [2.45, 2.75) is 71.8 Å². The molecule has 0 saturated carbocycles. The van der Waals surface area contributed by atoms with Crippen LogP contribution in [-0.2, 0) is 12.1 Å². The largest absolute Gasteiger partial charge is 0.469 e. The van der Waals surface area contributed by atoms with Gasteiger partial charge in [-0.15, -0.1) is 0 Å². The Morgan fingerprint density at radius 3 is 0.953 bits per heavy atom. The quantitative estimate of drug-likeness (QED) is 0.172. The lowest BCUT2D eigenvalue weighted by molar-refractivity contribution is -0.849. The lowest BCUT2D eigenvalue weighted by Crippen LogP contribution is -2.76. The molecule has 1 rings (SSSR count).